The number of nitrogens with one attached hydrogen (secondary N) is 1. The third-order valence-electron chi connectivity index (χ3n) is 5.42. The molecule has 3 aromatic carbocycles. The molecule has 1 heterocycles. The van der Waals surface area contributed by atoms with Crippen molar-refractivity contribution in [3.8, 4) is 0 Å². The van der Waals surface area contributed by atoms with E-state index in [0.29, 0.717) is 6.54 Å². The van der Waals surface area contributed by atoms with E-state index in [1.54, 1.807) is 0 Å². The largest absolute Gasteiger partial charge is 0.350 e. The van der Waals surface area contributed by atoms with Crippen LogP contribution in [0.2, 0.25) is 0 Å². The summed E-state index contributed by atoms with van der Waals surface area (Å²) in [4.78, 5) is 13.8. The van der Waals surface area contributed by atoms with Gasteiger partial charge in [0.2, 0.25) is 0 Å². The molecule has 0 radical (unpaired) electrons. The molecule has 4 heteroatoms. The molecular weight excluding hydrogens is 388 g/mol. The van der Waals surface area contributed by atoms with Crippen molar-refractivity contribution in [1.82, 2.24) is 9.88 Å². The Labute approximate surface area is 182 Å². The summed E-state index contributed by atoms with van der Waals surface area (Å²) in [5, 5.41) is 4.33. The molecule has 0 aliphatic carbocycles. The topological polar surface area (TPSA) is 34.0 Å². The Bertz CT molecular complexity index is 1180. The van der Waals surface area contributed by atoms with Crippen LogP contribution in [0.5, 0.6) is 0 Å². The highest BCUT2D eigenvalue weighted by molar-refractivity contribution is 7.98. The van der Waals surface area contributed by atoms with Crippen LogP contribution in [0.3, 0.4) is 0 Å². The zero-order valence-electron chi connectivity index (χ0n) is 17.4. The van der Waals surface area contributed by atoms with E-state index in [0.717, 1.165) is 23.4 Å². The van der Waals surface area contributed by atoms with Crippen LogP contribution >= 0.6 is 11.8 Å². The summed E-state index contributed by atoms with van der Waals surface area (Å²) in [7, 11) is 0. The Hall–Kier alpha value is -2.98. The lowest BCUT2D eigenvalue weighted by molar-refractivity contribution is 0.0952. The van der Waals surface area contributed by atoms with E-state index in [-0.39, 0.29) is 5.91 Å². The molecule has 3 nitrogen and oxygen atoms in total. The van der Waals surface area contributed by atoms with Gasteiger partial charge in [0.15, 0.2) is 0 Å². The second-order valence-corrected chi connectivity index (χ2v) is 8.51. The van der Waals surface area contributed by atoms with Gasteiger partial charge in [-0.15, -0.1) is 11.8 Å². The number of aromatic nitrogens is 1. The van der Waals surface area contributed by atoms with Crippen LogP contribution in [0.4, 0.5) is 0 Å². The molecule has 152 valence electrons. The number of carbonyl (C=O) groups is 1. The Morgan fingerprint density at radius 2 is 1.60 bits per heavy atom. The van der Waals surface area contributed by atoms with Gasteiger partial charge in [0.1, 0.15) is 0 Å². The van der Waals surface area contributed by atoms with Gasteiger partial charge in [-0.2, -0.15) is 0 Å². The number of hydrogen-bond donors (Lipinski definition) is 1. The Kier molecular flexibility index (Phi) is 6.24. The minimum absolute atomic E-state index is 0.0151. The molecule has 30 heavy (non-hydrogen) atoms. The minimum atomic E-state index is -0.0151. The predicted molar refractivity (Wildman–Crippen MR) is 126 cm³/mol. The average Bonchev–Trinajstić information content (AvgIpc) is 3.11. The standard InChI is InChI=1S/C26H26N2OS/c1-19-9-3-5-11-21(19)18-30-25-17-28(24-14-8-7-13-23(24)25)16-15-27-26(29)22-12-6-4-10-20(22)2/h3-14,17H,15-16,18H2,1-2H3,(H,27,29). The van der Waals surface area contributed by atoms with Crippen molar-refractivity contribution >= 4 is 28.6 Å². The maximum absolute atomic E-state index is 12.5. The van der Waals surface area contributed by atoms with Gasteiger partial charge in [-0.25, -0.2) is 0 Å². The number of carbonyl (C=O) groups excluding carboxylic acids is 1. The maximum atomic E-state index is 12.5. The first-order valence-corrected chi connectivity index (χ1v) is 11.2. The summed E-state index contributed by atoms with van der Waals surface area (Å²) in [6.45, 7) is 5.46. The molecule has 0 spiro atoms. The molecule has 0 fully saturated rings. The van der Waals surface area contributed by atoms with Crippen molar-refractivity contribution in [2.45, 2.75) is 31.0 Å². The number of thioether (sulfide) groups is 1. The first-order chi connectivity index (χ1) is 14.6. The SMILES string of the molecule is Cc1ccccc1CSc1cn(CCNC(=O)c2ccccc2C)c2ccccc12. The molecule has 4 rings (SSSR count). The molecule has 1 N–H and O–H groups in total. The quantitative estimate of drug-likeness (QED) is 0.377. The van der Waals surface area contributed by atoms with Gasteiger partial charge in [0.25, 0.3) is 5.91 Å². The highest BCUT2D eigenvalue weighted by Gasteiger charge is 2.11. The molecule has 0 bridgehead atoms. The molecule has 0 aliphatic rings. The van der Waals surface area contributed by atoms with E-state index in [2.05, 4.69) is 71.5 Å². The number of amides is 1. The lowest BCUT2D eigenvalue weighted by Gasteiger charge is -2.09. The van der Waals surface area contributed by atoms with E-state index in [1.165, 1.54) is 26.9 Å². The summed E-state index contributed by atoms with van der Waals surface area (Å²) < 4.78 is 2.24. The summed E-state index contributed by atoms with van der Waals surface area (Å²) in [6.07, 6.45) is 2.22. The van der Waals surface area contributed by atoms with Gasteiger partial charge in [-0.1, -0.05) is 60.7 Å². The van der Waals surface area contributed by atoms with Crippen LogP contribution < -0.4 is 5.32 Å². The number of para-hydroxylation sites is 1. The zero-order chi connectivity index (χ0) is 20.9. The van der Waals surface area contributed by atoms with Gasteiger partial charge >= 0.3 is 0 Å². The molecule has 0 unspecified atom stereocenters. The van der Waals surface area contributed by atoms with Crippen LogP contribution in [0, 0.1) is 13.8 Å². The Morgan fingerprint density at radius 3 is 2.40 bits per heavy atom. The molecule has 0 atom stereocenters. The van der Waals surface area contributed by atoms with Crippen molar-refractivity contribution in [1.29, 1.82) is 0 Å². The summed E-state index contributed by atoms with van der Waals surface area (Å²) in [5.74, 6) is 0.934. The monoisotopic (exact) mass is 414 g/mol. The fraction of sp³-hybridized carbons (Fsp3) is 0.192. The Balaban J connectivity index is 1.46. The maximum Gasteiger partial charge on any atom is 0.251 e. The van der Waals surface area contributed by atoms with Crippen molar-refractivity contribution in [2.75, 3.05) is 6.54 Å². The number of fused-ring (bicyclic) bond motifs is 1. The summed E-state index contributed by atoms with van der Waals surface area (Å²) in [5.41, 5.74) is 5.63. The van der Waals surface area contributed by atoms with Crippen molar-refractivity contribution in [3.05, 3.63) is 101 Å². The third kappa shape index (κ3) is 4.44. The predicted octanol–water partition coefficient (Wildman–Crippen LogP) is 5.98. The zero-order valence-corrected chi connectivity index (χ0v) is 18.2. The first-order valence-electron chi connectivity index (χ1n) is 10.2. The van der Waals surface area contributed by atoms with E-state index in [1.807, 2.05) is 43.0 Å². The molecule has 1 amide bonds. The fourth-order valence-electron chi connectivity index (χ4n) is 3.65. The van der Waals surface area contributed by atoms with Crippen LogP contribution in [0.15, 0.2) is 83.9 Å². The van der Waals surface area contributed by atoms with Gasteiger partial charge in [-0.05, 0) is 42.7 Å². The van der Waals surface area contributed by atoms with Gasteiger partial charge in [0, 0.05) is 46.4 Å². The summed E-state index contributed by atoms with van der Waals surface area (Å²) >= 11 is 1.87. The van der Waals surface area contributed by atoms with Gasteiger partial charge in [-0.3, -0.25) is 4.79 Å². The number of benzene rings is 3. The minimum Gasteiger partial charge on any atom is -0.350 e. The molecule has 0 saturated heterocycles. The molecule has 1 aromatic heterocycles. The smallest absolute Gasteiger partial charge is 0.251 e. The molecule has 0 saturated carbocycles. The number of nitrogens with zero attached hydrogens (tertiary/aromatic N) is 1. The van der Waals surface area contributed by atoms with Crippen LogP contribution in [-0.4, -0.2) is 17.0 Å². The molecule has 0 aliphatic heterocycles. The van der Waals surface area contributed by atoms with Crippen LogP contribution in [-0.2, 0) is 12.3 Å². The van der Waals surface area contributed by atoms with Crippen LogP contribution in [0.25, 0.3) is 10.9 Å². The van der Waals surface area contributed by atoms with E-state index in [4.69, 9.17) is 0 Å². The number of aryl methyl sites for hydroxylation is 2. The van der Waals surface area contributed by atoms with Gasteiger partial charge in [0.05, 0.1) is 0 Å². The van der Waals surface area contributed by atoms with Crippen molar-refractivity contribution < 1.29 is 4.79 Å². The number of rotatable bonds is 7. The van der Waals surface area contributed by atoms with E-state index < -0.39 is 0 Å². The normalized spacial score (nSPS) is 11.0. The van der Waals surface area contributed by atoms with E-state index in [9.17, 15) is 4.79 Å². The highest BCUT2D eigenvalue weighted by Crippen LogP contribution is 2.32. The summed E-state index contributed by atoms with van der Waals surface area (Å²) in [6, 6.07) is 24.7. The first kappa shape index (κ1) is 20.3. The lowest BCUT2D eigenvalue weighted by Crippen LogP contribution is -2.27. The molecule has 4 aromatic rings. The lowest BCUT2D eigenvalue weighted by atomic mass is 10.1. The van der Waals surface area contributed by atoms with Crippen molar-refractivity contribution in [2.24, 2.45) is 0 Å². The molecular formula is C26H26N2OS. The Morgan fingerprint density at radius 1 is 0.900 bits per heavy atom. The van der Waals surface area contributed by atoms with Crippen molar-refractivity contribution in [3.63, 3.8) is 0 Å². The second kappa shape index (κ2) is 9.23. The average molecular weight is 415 g/mol. The van der Waals surface area contributed by atoms with E-state index >= 15 is 0 Å². The number of hydrogen-bond acceptors (Lipinski definition) is 2. The highest BCUT2D eigenvalue weighted by atomic mass is 32.2. The van der Waals surface area contributed by atoms with Gasteiger partial charge < -0.3 is 9.88 Å². The van der Waals surface area contributed by atoms with Crippen LogP contribution in [0.1, 0.15) is 27.0 Å². The fourth-order valence-corrected chi connectivity index (χ4v) is 4.82. The third-order valence-corrected chi connectivity index (χ3v) is 6.52. The second-order valence-electron chi connectivity index (χ2n) is 7.49.